The highest BCUT2D eigenvalue weighted by Crippen LogP contribution is 2.22. The summed E-state index contributed by atoms with van der Waals surface area (Å²) in [7, 11) is -3.15. The Hall–Kier alpha value is -1.40. The van der Waals surface area contributed by atoms with Crippen molar-refractivity contribution in [3.8, 4) is 0 Å². The lowest BCUT2D eigenvalue weighted by Crippen LogP contribution is -2.42. The number of amides is 1. The normalized spacial score (nSPS) is 17.4. The summed E-state index contributed by atoms with van der Waals surface area (Å²) in [6.07, 6.45) is 1.79. The Labute approximate surface area is 132 Å². The molecule has 6 heteroatoms. The number of sulfonamides is 1. The van der Waals surface area contributed by atoms with E-state index in [-0.39, 0.29) is 17.6 Å². The third-order valence-electron chi connectivity index (χ3n) is 4.08. The average Bonchev–Trinajstić information content (AvgIpc) is 2.49. The van der Waals surface area contributed by atoms with Crippen molar-refractivity contribution in [2.75, 3.05) is 24.2 Å². The largest absolute Gasteiger partial charge is 0.326 e. The fourth-order valence-corrected chi connectivity index (χ4v) is 4.27. The molecule has 1 amide bonds. The third kappa shape index (κ3) is 4.08. The summed E-state index contributed by atoms with van der Waals surface area (Å²) in [5.74, 6) is 0.0575. The van der Waals surface area contributed by atoms with Crippen LogP contribution in [-0.4, -0.2) is 37.5 Å². The Kier molecular flexibility index (Phi) is 5.58. The van der Waals surface area contributed by atoms with Crippen LogP contribution < -0.4 is 5.32 Å². The number of nitrogens with one attached hydrogen (secondary N) is 1. The number of piperidine rings is 1. The zero-order valence-electron chi connectivity index (χ0n) is 13.2. The van der Waals surface area contributed by atoms with E-state index in [2.05, 4.69) is 5.32 Å². The van der Waals surface area contributed by atoms with Gasteiger partial charge >= 0.3 is 0 Å². The van der Waals surface area contributed by atoms with Crippen LogP contribution in [0.25, 0.3) is 0 Å². The van der Waals surface area contributed by atoms with E-state index in [0.717, 1.165) is 11.3 Å². The fourth-order valence-electron chi connectivity index (χ4n) is 2.73. The molecule has 1 fully saturated rings. The second-order valence-electron chi connectivity index (χ2n) is 5.79. The van der Waals surface area contributed by atoms with Gasteiger partial charge in [-0.2, -0.15) is 0 Å². The van der Waals surface area contributed by atoms with Gasteiger partial charge in [0.25, 0.3) is 0 Å². The zero-order valence-corrected chi connectivity index (χ0v) is 14.0. The summed E-state index contributed by atoms with van der Waals surface area (Å²) in [5.41, 5.74) is 1.85. The van der Waals surface area contributed by atoms with Gasteiger partial charge in [-0.05, 0) is 37.8 Å². The molecule has 0 unspecified atom stereocenters. The van der Waals surface area contributed by atoms with Crippen LogP contribution in [0.2, 0.25) is 0 Å². The highest BCUT2D eigenvalue weighted by atomic mass is 32.2. The summed E-state index contributed by atoms with van der Waals surface area (Å²) < 4.78 is 25.6. The number of carbonyl (C=O) groups is 1. The van der Waals surface area contributed by atoms with Crippen LogP contribution in [0.3, 0.4) is 0 Å². The van der Waals surface area contributed by atoms with Gasteiger partial charge in [-0.15, -0.1) is 0 Å². The number of hydrogen-bond acceptors (Lipinski definition) is 3. The smallest absolute Gasteiger partial charge is 0.227 e. The SMILES string of the molecule is CCCS(=O)(=O)N1CCC(C(=O)Nc2ccccc2C)CC1. The molecule has 1 aliphatic rings. The summed E-state index contributed by atoms with van der Waals surface area (Å²) >= 11 is 0. The van der Waals surface area contributed by atoms with Gasteiger partial charge in [0.05, 0.1) is 5.75 Å². The Balaban J connectivity index is 1.92. The van der Waals surface area contributed by atoms with Crippen molar-refractivity contribution in [2.45, 2.75) is 33.1 Å². The van der Waals surface area contributed by atoms with E-state index in [0.29, 0.717) is 32.4 Å². The highest BCUT2D eigenvalue weighted by Gasteiger charge is 2.30. The Morgan fingerprint density at radius 3 is 2.50 bits per heavy atom. The molecule has 0 atom stereocenters. The maximum absolute atomic E-state index is 12.3. The van der Waals surface area contributed by atoms with Gasteiger partial charge in [0.2, 0.25) is 15.9 Å². The molecule has 0 radical (unpaired) electrons. The van der Waals surface area contributed by atoms with Crippen LogP contribution in [0.4, 0.5) is 5.69 Å². The van der Waals surface area contributed by atoms with E-state index < -0.39 is 10.0 Å². The molecule has 1 aliphatic heterocycles. The zero-order chi connectivity index (χ0) is 16.2. The molecular formula is C16H24N2O3S. The molecule has 1 saturated heterocycles. The van der Waals surface area contributed by atoms with Crippen molar-refractivity contribution in [1.82, 2.24) is 4.31 Å². The molecule has 1 N–H and O–H groups in total. The minimum absolute atomic E-state index is 0.0122. The van der Waals surface area contributed by atoms with Crippen molar-refractivity contribution in [1.29, 1.82) is 0 Å². The van der Waals surface area contributed by atoms with Gasteiger partial charge < -0.3 is 5.32 Å². The predicted octanol–water partition coefficient (Wildman–Crippen LogP) is 2.39. The summed E-state index contributed by atoms with van der Waals surface area (Å²) in [6.45, 7) is 4.69. The van der Waals surface area contributed by atoms with Crippen LogP contribution >= 0.6 is 0 Å². The lowest BCUT2D eigenvalue weighted by molar-refractivity contribution is -0.120. The van der Waals surface area contributed by atoms with Crippen molar-refractivity contribution in [3.05, 3.63) is 29.8 Å². The Morgan fingerprint density at radius 1 is 1.27 bits per heavy atom. The molecule has 0 aromatic heterocycles. The van der Waals surface area contributed by atoms with Gasteiger partial charge in [0.1, 0.15) is 0 Å². The number of benzene rings is 1. The van der Waals surface area contributed by atoms with E-state index in [1.807, 2.05) is 38.1 Å². The number of carbonyl (C=O) groups excluding carboxylic acids is 1. The first-order chi connectivity index (χ1) is 10.4. The first-order valence-electron chi connectivity index (χ1n) is 7.78. The molecule has 1 aromatic rings. The van der Waals surface area contributed by atoms with Gasteiger partial charge in [-0.25, -0.2) is 12.7 Å². The Bertz CT molecular complexity index is 620. The molecule has 2 rings (SSSR count). The van der Waals surface area contributed by atoms with Gasteiger partial charge in [0.15, 0.2) is 0 Å². The van der Waals surface area contributed by atoms with Crippen molar-refractivity contribution in [3.63, 3.8) is 0 Å². The standard InChI is InChI=1S/C16H24N2O3S/c1-3-12-22(20,21)18-10-8-14(9-11-18)16(19)17-15-7-5-4-6-13(15)2/h4-7,14H,3,8-12H2,1-2H3,(H,17,19). The number of nitrogens with zero attached hydrogens (tertiary/aromatic N) is 1. The third-order valence-corrected chi connectivity index (χ3v) is 6.16. The van der Waals surface area contributed by atoms with E-state index in [1.54, 1.807) is 0 Å². The van der Waals surface area contributed by atoms with E-state index in [4.69, 9.17) is 0 Å². The topological polar surface area (TPSA) is 66.5 Å². The molecule has 122 valence electrons. The second kappa shape index (κ2) is 7.24. The quantitative estimate of drug-likeness (QED) is 0.904. The molecule has 22 heavy (non-hydrogen) atoms. The number of para-hydroxylation sites is 1. The minimum Gasteiger partial charge on any atom is -0.326 e. The molecule has 0 spiro atoms. The lowest BCUT2D eigenvalue weighted by Gasteiger charge is -2.30. The van der Waals surface area contributed by atoms with E-state index >= 15 is 0 Å². The lowest BCUT2D eigenvalue weighted by atomic mass is 9.97. The molecule has 0 bridgehead atoms. The van der Waals surface area contributed by atoms with Gasteiger partial charge in [0, 0.05) is 24.7 Å². The average molecular weight is 324 g/mol. The highest BCUT2D eigenvalue weighted by molar-refractivity contribution is 7.89. The monoisotopic (exact) mass is 324 g/mol. The van der Waals surface area contributed by atoms with E-state index in [9.17, 15) is 13.2 Å². The van der Waals surface area contributed by atoms with Crippen molar-refractivity contribution < 1.29 is 13.2 Å². The van der Waals surface area contributed by atoms with Crippen molar-refractivity contribution >= 4 is 21.6 Å². The summed E-state index contributed by atoms with van der Waals surface area (Å²) in [4.78, 5) is 12.3. The summed E-state index contributed by atoms with van der Waals surface area (Å²) in [6, 6.07) is 7.66. The number of rotatable bonds is 5. The molecular weight excluding hydrogens is 300 g/mol. The summed E-state index contributed by atoms with van der Waals surface area (Å²) in [5, 5.41) is 2.95. The maximum Gasteiger partial charge on any atom is 0.227 e. The fraction of sp³-hybridized carbons (Fsp3) is 0.562. The molecule has 1 heterocycles. The predicted molar refractivity (Wildman–Crippen MR) is 88.2 cm³/mol. The Morgan fingerprint density at radius 2 is 1.91 bits per heavy atom. The minimum atomic E-state index is -3.15. The van der Waals surface area contributed by atoms with Gasteiger partial charge in [-0.1, -0.05) is 25.1 Å². The molecule has 0 saturated carbocycles. The second-order valence-corrected chi connectivity index (χ2v) is 7.88. The van der Waals surface area contributed by atoms with Crippen LogP contribution in [-0.2, 0) is 14.8 Å². The van der Waals surface area contributed by atoms with Crippen LogP contribution in [0, 0.1) is 12.8 Å². The molecule has 0 aliphatic carbocycles. The first kappa shape index (κ1) is 17.0. The van der Waals surface area contributed by atoms with Crippen molar-refractivity contribution in [2.24, 2.45) is 5.92 Å². The van der Waals surface area contributed by atoms with E-state index in [1.165, 1.54) is 4.31 Å². The van der Waals surface area contributed by atoms with Crippen LogP contribution in [0.15, 0.2) is 24.3 Å². The number of aryl methyl sites for hydroxylation is 1. The molecule has 5 nitrogen and oxygen atoms in total. The van der Waals surface area contributed by atoms with Crippen LogP contribution in [0.1, 0.15) is 31.7 Å². The van der Waals surface area contributed by atoms with Crippen LogP contribution in [0.5, 0.6) is 0 Å². The first-order valence-corrected chi connectivity index (χ1v) is 9.39. The molecule has 1 aromatic carbocycles. The number of hydrogen-bond donors (Lipinski definition) is 1. The maximum atomic E-state index is 12.3. The number of anilines is 1. The van der Waals surface area contributed by atoms with Gasteiger partial charge in [-0.3, -0.25) is 4.79 Å².